The highest BCUT2D eigenvalue weighted by Gasteiger charge is 2.25. The van der Waals surface area contributed by atoms with E-state index >= 15 is 0 Å². The Balaban J connectivity index is 2.20. The molecule has 1 aliphatic carbocycles. The van der Waals surface area contributed by atoms with Gasteiger partial charge in [0.15, 0.2) is 0 Å². The molecule has 0 bridgehead atoms. The van der Waals surface area contributed by atoms with Crippen LogP contribution >= 0.6 is 15.9 Å². The highest BCUT2D eigenvalue weighted by atomic mass is 79.9. The third-order valence-corrected chi connectivity index (χ3v) is 3.87. The quantitative estimate of drug-likeness (QED) is 0.839. The summed E-state index contributed by atoms with van der Waals surface area (Å²) in [6, 6.07) is 2.08. The summed E-state index contributed by atoms with van der Waals surface area (Å²) in [5.74, 6) is -0.577. The summed E-state index contributed by atoms with van der Waals surface area (Å²) in [7, 11) is 0. The fourth-order valence-electron chi connectivity index (χ4n) is 2.09. The molecule has 0 radical (unpaired) electrons. The van der Waals surface area contributed by atoms with Crippen molar-refractivity contribution in [2.75, 3.05) is 0 Å². The number of halogens is 3. The van der Waals surface area contributed by atoms with Gasteiger partial charge in [-0.25, -0.2) is 8.78 Å². The zero-order valence-electron chi connectivity index (χ0n) is 8.85. The van der Waals surface area contributed by atoms with Gasteiger partial charge in [0.2, 0.25) is 0 Å². The summed E-state index contributed by atoms with van der Waals surface area (Å²) in [6.45, 7) is 0. The Morgan fingerprint density at radius 2 is 2.06 bits per heavy atom. The molecule has 0 heterocycles. The second-order valence-electron chi connectivity index (χ2n) is 4.40. The van der Waals surface area contributed by atoms with Gasteiger partial charge >= 0.3 is 0 Å². The summed E-state index contributed by atoms with van der Waals surface area (Å²) >= 11 is 3.05. The molecule has 1 nitrogen and oxygen atoms in total. The van der Waals surface area contributed by atoms with Crippen LogP contribution in [0.3, 0.4) is 0 Å². The summed E-state index contributed by atoms with van der Waals surface area (Å²) < 4.78 is 27.5. The van der Waals surface area contributed by atoms with Gasteiger partial charge in [-0.1, -0.05) is 19.3 Å². The molecule has 1 aromatic rings. The standard InChI is InChI=1S/C12H14BrF2N/c13-8-4-5-9(14)11(12(8)15)10(16)6-7-2-1-3-7/h4-5,7,10H,1-3,6,16H2. The fraction of sp³-hybridized carbons (Fsp3) is 0.500. The molecule has 1 fully saturated rings. The van der Waals surface area contributed by atoms with Gasteiger partial charge < -0.3 is 5.73 Å². The normalized spacial score (nSPS) is 18.2. The molecule has 1 unspecified atom stereocenters. The molecule has 1 aliphatic rings. The number of nitrogens with two attached hydrogens (primary N) is 1. The van der Waals surface area contributed by atoms with Gasteiger partial charge in [-0.3, -0.25) is 0 Å². The first kappa shape index (κ1) is 12.0. The summed E-state index contributed by atoms with van der Waals surface area (Å²) in [6.07, 6.45) is 4.14. The highest BCUT2D eigenvalue weighted by Crippen LogP contribution is 2.36. The van der Waals surface area contributed by atoms with Gasteiger partial charge in [0.05, 0.1) is 4.47 Å². The molecule has 0 aliphatic heterocycles. The topological polar surface area (TPSA) is 26.0 Å². The maximum Gasteiger partial charge on any atom is 0.145 e. The second-order valence-corrected chi connectivity index (χ2v) is 5.25. The summed E-state index contributed by atoms with van der Waals surface area (Å²) in [5, 5.41) is 0. The van der Waals surface area contributed by atoms with Crippen molar-refractivity contribution < 1.29 is 8.78 Å². The Bertz CT molecular complexity index is 391. The molecule has 16 heavy (non-hydrogen) atoms. The van der Waals surface area contributed by atoms with Crippen LogP contribution in [0.15, 0.2) is 16.6 Å². The molecule has 0 aromatic heterocycles. The lowest BCUT2D eigenvalue weighted by atomic mass is 9.80. The first-order valence-electron chi connectivity index (χ1n) is 5.48. The van der Waals surface area contributed by atoms with Crippen molar-refractivity contribution in [3.63, 3.8) is 0 Å². The molecule has 1 atom stereocenters. The molecule has 1 saturated carbocycles. The predicted octanol–water partition coefficient (Wildman–Crippen LogP) is 3.92. The van der Waals surface area contributed by atoms with Crippen LogP contribution in [-0.2, 0) is 0 Å². The lowest BCUT2D eigenvalue weighted by Gasteiger charge is -2.28. The number of rotatable bonds is 3. The van der Waals surface area contributed by atoms with E-state index in [9.17, 15) is 8.78 Å². The Morgan fingerprint density at radius 3 is 2.62 bits per heavy atom. The van der Waals surface area contributed by atoms with Gasteiger partial charge in [0.1, 0.15) is 11.6 Å². The zero-order valence-corrected chi connectivity index (χ0v) is 10.4. The van der Waals surface area contributed by atoms with Crippen LogP contribution < -0.4 is 5.73 Å². The fourth-order valence-corrected chi connectivity index (χ4v) is 2.43. The monoisotopic (exact) mass is 289 g/mol. The SMILES string of the molecule is NC(CC1CCC1)c1c(F)ccc(Br)c1F. The van der Waals surface area contributed by atoms with Crippen molar-refractivity contribution in [1.29, 1.82) is 0 Å². The van der Waals surface area contributed by atoms with E-state index in [1.807, 2.05) is 0 Å². The van der Waals surface area contributed by atoms with Gasteiger partial charge in [0, 0.05) is 11.6 Å². The van der Waals surface area contributed by atoms with Crippen LogP contribution in [0.1, 0.15) is 37.3 Å². The lowest BCUT2D eigenvalue weighted by molar-refractivity contribution is 0.273. The van der Waals surface area contributed by atoms with Gasteiger partial charge in [-0.2, -0.15) is 0 Å². The highest BCUT2D eigenvalue weighted by molar-refractivity contribution is 9.10. The second kappa shape index (κ2) is 4.80. The lowest BCUT2D eigenvalue weighted by Crippen LogP contribution is -2.22. The number of hydrogen-bond acceptors (Lipinski definition) is 1. The summed E-state index contributed by atoms with van der Waals surface area (Å²) in [4.78, 5) is 0. The third kappa shape index (κ3) is 2.28. The third-order valence-electron chi connectivity index (χ3n) is 3.26. The molecule has 2 rings (SSSR count). The Hall–Kier alpha value is -0.480. The first-order valence-corrected chi connectivity index (χ1v) is 6.28. The van der Waals surface area contributed by atoms with E-state index in [0.29, 0.717) is 12.3 Å². The average molecular weight is 290 g/mol. The minimum Gasteiger partial charge on any atom is -0.324 e. The van der Waals surface area contributed by atoms with Crippen LogP contribution in [0.4, 0.5) is 8.78 Å². The molecule has 2 N–H and O–H groups in total. The molecule has 0 spiro atoms. The Labute approximate surface area is 102 Å². The molecule has 0 saturated heterocycles. The van der Waals surface area contributed by atoms with E-state index in [0.717, 1.165) is 12.8 Å². The van der Waals surface area contributed by atoms with E-state index in [1.165, 1.54) is 18.6 Å². The first-order chi connectivity index (χ1) is 7.59. The molecular weight excluding hydrogens is 276 g/mol. The van der Waals surface area contributed by atoms with Crippen LogP contribution in [0, 0.1) is 17.6 Å². The smallest absolute Gasteiger partial charge is 0.145 e. The van der Waals surface area contributed by atoms with E-state index in [2.05, 4.69) is 15.9 Å². The number of hydrogen-bond donors (Lipinski definition) is 1. The largest absolute Gasteiger partial charge is 0.324 e. The molecule has 0 amide bonds. The Kier molecular flexibility index (Phi) is 3.60. The van der Waals surface area contributed by atoms with Crippen LogP contribution in [0.25, 0.3) is 0 Å². The summed E-state index contributed by atoms with van der Waals surface area (Å²) in [5.41, 5.74) is 5.89. The number of benzene rings is 1. The van der Waals surface area contributed by atoms with Crippen molar-refractivity contribution >= 4 is 15.9 Å². The molecule has 1 aromatic carbocycles. The van der Waals surface area contributed by atoms with Gasteiger partial charge in [-0.15, -0.1) is 0 Å². The van der Waals surface area contributed by atoms with E-state index in [-0.39, 0.29) is 10.0 Å². The zero-order chi connectivity index (χ0) is 11.7. The predicted molar refractivity (Wildman–Crippen MR) is 62.9 cm³/mol. The van der Waals surface area contributed by atoms with Gasteiger partial charge in [-0.05, 0) is 40.4 Å². The van der Waals surface area contributed by atoms with E-state index in [4.69, 9.17) is 5.73 Å². The molecule has 88 valence electrons. The van der Waals surface area contributed by atoms with Crippen LogP contribution in [0.5, 0.6) is 0 Å². The minimum atomic E-state index is -0.563. The van der Waals surface area contributed by atoms with Crippen molar-refractivity contribution in [3.8, 4) is 0 Å². The molecular formula is C12H14BrF2N. The Morgan fingerprint density at radius 1 is 1.38 bits per heavy atom. The van der Waals surface area contributed by atoms with Crippen molar-refractivity contribution in [2.24, 2.45) is 11.7 Å². The van der Waals surface area contributed by atoms with E-state index in [1.54, 1.807) is 0 Å². The van der Waals surface area contributed by atoms with Crippen LogP contribution in [-0.4, -0.2) is 0 Å². The maximum absolute atomic E-state index is 13.7. The van der Waals surface area contributed by atoms with E-state index < -0.39 is 17.7 Å². The van der Waals surface area contributed by atoms with Crippen LogP contribution in [0.2, 0.25) is 0 Å². The minimum absolute atomic E-state index is 0.0151. The van der Waals surface area contributed by atoms with Crippen molar-refractivity contribution in [3.05, 3.63) is 33.8 Å². The average Bonchev–Trinajstić information content (AvgIpc) is 2.18. The van der Waals surface area contributed by atoms with Gasteiger partial charge in [0.25, 0.3) is 0 Å². The molecule has 4 heteroatoms. The van der Waals surface area contributed by atoms with Crippen molar-refractivity contribution in [1.82, 2.24) is 0 Å². The van der Waals surface area contributed by atoms with Crippen molar-refractivity contribution in [2.45, 2.75) is 31.7 Å². The maximum atomic E-state index is 13.7.